The predicted molar refractivity (Wildman–Crippen MR) is 119 cm³/mol. The van der Waals surface area contributed by atoms with Gasteiger partial charge in [0.1, 0.15) is 6.04 Å². The first-order chi connectivity index (χ1) is 13.8. The Morgan fingerprint density at radius 1 is 1.07 bits per heavy atom. The van der Waals surface area contributed by atoms with Crippen LogP contribution in [0.2, 0.25) is 5.02 Å². The van der Waals surface area contributed by atoms with Crippen molar-refractivity contribution in [1.82, 2.24) is 10.2 Å². The molecule has 2 atom stereocenters. The summed E-state index contributed by atoms with van der Waals surface area (Å²) in [7, 11) is 0. The van der Waals surface area contributed by atoms with Crippen LogP contribution >= 0.6 is 11.6 Å². The molecule has 4 nitrogen and oxygen atoms in total. The Morgan fingerprint density at radius 2 is 1.72 bits per heavy atom. The number of aryl methyl sites for hydroxylation is 2. The number of carbonyl (C=O) groups excluding carboxylic acids is 2. The van der Waals surface area contributed by atoms with Crippen LogP contribution in [0.25, 0.3) is 0 Å². The first-order valence-electron chi connectivity index (χ1n) is 10.2. The van der Waals surface area contributed by atoms with Gasteiger partial charge in [0, 0.05) is 24.0 Å². The number of hydrogen-bond donors (Lipinski definition) is 1. The molecule has 29 heavy (non-hydrogen) atoms. The number of halogens is 1. The highest BCUT2D eigenvalue weighted by atomic mass is 35.5. The van der Waals surface area contributed by atoms with Crippen LogP contribution in [0.4, 0.5) is 0 Å². The zero-order chi connectivity index (χ0) is 21.4. The van der Waals surface area contributed by atoms with Gasteiger partial charge in [-0.15, -0.1) is 0 Å². The molecule has 5 heteroatoms. The third-order valence-corrected chi connectivity index (χ3v) is 5.58. The molecule has 0 saturated heterocycles. The summed E-state index contributed by atoms with van der Waals surface area (Å²) in [4.78, 5) is 27.4. The monoisotopic (exact) mass is 414 g/mol. The van der Waals surface area contributed by atoms with Crippen molar-refractivity contribution in [2.75, 3.05) is 0 Å². The molecule has 0 bridgehead atoms. The van der Waals surface area contributed by atoms with Crippen LogP contribution in [0.15, 0.2) is 48.5 Å². The fraction of sp³-hybridized carbons (Fsp3) is 0.417. The highest BCUT2D eigenvalue weighted by Crippen LogP contribution is 2.20. The fourth-order valence-electron chi connectivity index (χ4n) is 3.01. The largest absolute Gasteiger partial charge is 0.352 e. The molecule has 0 unspecified atom stereocenters. The second-order valence-corrected chi connectivity index (χ2v) is 8.00. The Hall–Kier alpha value is -2.33. The quantitative estimate of drug-likeness (QED) is 0.633. The molecule has 0 aliphatic heterocycles. The van der Waals surface area contributed by atoms with Gasteiger partial charge in [-0.05, 0) is 50.8 Å². The van der Waals surface area contributed by atoms with E-state index in [1.807, 2.05) is 63.2 Å². The lowest BCUT2D eigenvalue weighted by molar-refractivity contribution is -0.140. The van der Waals surface area contributed by atoms with E-state index < -0.39 is 6.04 Å². The maximum atomic E-state index is 13.1. The van der Waals surface area contributed by atoms with E-state index >= 15 is 0 Å². The Labute approximate surface area is 179 Å². The minimum Gasteiger partial charge on any atom is -0.352 e. The Balaban J connectivity index is 2.15. The van der Waals surface area contributed by atoms with Crippen molar-refractivity contribution in [1.29, 1.82) is 0 Å². The lowest BCUT2D eigenvalue weighted by Gasteiger charge is -2.30. The van der Waals surface area contributed by atoms with Gasteiger partial charge in [0.15, 0.2) is 0 Å². The maximum Gasteiger partial charge on any atom is 0.242 e. The molecule has 0 aliphatic carbocycles. The molecule has 0 radical (unpaired) electrons. The van der Waals surface area contributed by atoms with Gasteiger partial charge < -0.3 is 10.2 Å². The van der Waals surface area contributed by atoms with Crippen molar-refractivity contribution in [3.05, 3.63) is 70.2 Å². The summed E-state index contributed by atoms with van der Waals surface area (Å²) in [6, 6.07) is 15.1. The van der Waals surface area contributed by atoms with Crippen LogP contribution in [0.1, 0.15) is 50.3 Å². The van der Waals surface area contributed by atoms with Gasteiger partial charge in [-0.2, -0.15) is 0 Å². The summed E-state index contributed by atoms with van der Waals surface area (Å²) in [5.41, 5.74) is 3.13. The maximum absolute atomic E-state index is 13.1. The van der Waals surface area contributed by atoms with Gasteiger partial charge in [0.2, 0.25) is 11.8 Å². The van der Waals surface area contributed by atoms with E-state index in [0.717, 1.165) is 17.5 Å². The second-order valence-electron chi connectivity index (χ2n) is 7.59. The third-order valence-electron chi connectivity index (χ3n) is 5.21. The lowest BCUT2D eigenvalue weighted by Crippen LogP contribution is -2.49. The molecule has 0 saturated carbocycles. The SMILES string of the molecule is CC[C@H](C)NC(=O)[C@H](C)N(Cc1ccccc1Cl)C(=O)CCc1ccc(C)cc1. The first kappa shape index (κ1) is 23.0. The Bertz CT molecular complexity index is 820. The van der Waals surface area contributed by atoms with Gasteiger partial charge in [-0.3, -0.25) is 9.59 Å². The standard InChI is InChI=1S/C24H31ClN2O2/c1-5-18(3)26-24(29)19(4)27(16-21-8-6-7-9-22(21)25)23(28)15-14-20-12-10-17(2)11-13-20/h6-13,18-19H,5,14-16H2,1-4H3,(H,26,29)/t18-,19-/m0/s1. The molecule has 0 heterocycles. The summed E-state index contributed by atoms with van der Waals surface area (Å²) in [6.07, 6.45) is 1.82. The molecule has 0 spiro atoms. The number of amides is 2. The van der Waals surface area contributed by atoms with Gasteiger partial charge in [-0.25, -0.2) is 0 Å². The number of nitrogens with zero attached hydrogens (tertiary/aromatic N) is 1. The van der Waals surface area contributed by atoms with Crippen LogP contribution < -0.4 is 5.32 Å². The minimum absolute atomic E-state index is 0.0581. The zero-order valence-corrected chi connectivity index (χ0v) is 18.5. The number of rotatable bonds is 9. The molecule has 2 aromatic carbocycles. The second kappa shape index (κ2) is 11.0. The third kappa shape index (κ3) is 6.90. The zero-order valence-electron chi connectivity index (χ0n) is 17.7. The summed E-state index contributed by atoms with van der Waals surface area (Å²) in [5.74, 6) is -0.201. The molecule has 2 amide bonds. The van der Waals surface area contributed by atoms with Gasteiger partial charge in [-0.1, -0.05) is 66.6 Å². The predicted octanol–water partition coefficient (Wildman–Crippen LogP) is 4.91. The van der Waals surface area contributed by atoms with E-state index in [2.05, 4.69) is 5.32 Å². The van der Waals surface area contributed by atoms with Gasteiger partial charge in [0.05, 0.1) is 0 Å². The van der Waals surface area contributed by atoms with Crippen LogP contribution in [0, 0.1) is 6.92 Å². The van der Waals surface area contributed by atoms with E-state index in [0.29, 0.717) is 24.4 Å². The first-order valence-corrected chi connectivity index (χ1v) is 10.6. The van der Waals surface area contributed by atoms with E-state index in [1.54, 1.807) is 17.9 Å². The number of benzene rings is 2. The van der Waals surface area contributed by atoms with E-state index in [9.17, 15) is 9.59 Å². The van der Waals surface area contributed by atoms with Crippen molar-refractivity contribution in [3.63, 3.8) is 0 Å². The normalized spacial score (nSPS) is 12.9. The fourth-order valence-corrected chi connectivity index (χ4v) is 3.20. The van der Waals surface area contributed by atoms with Gasteiger partial charge in [0.25, 0.3) is 0 Å². The molecule has 156 valence electrons. The molecule has 0 fully saturated rings. The van der Waals surface area contributed by atoms with Crippen molar-refractivity contribution in [2.45, 2.75) is 65.6 Å². The molecule has 2 rings (SSSR count). The summed E-state index contributed by atoms with van der Waals surface area (Å²) >= 11 is 6.31. The van der Waals surface area contributed by atoms with Crippen LogP contribution in [-0.2, 0) is 22.6 Å². The van der Waals surface area contributed by atoms with Gasteiger partial charge >= 0.3 is 0 Å². The average Bonchev–Trinajstić information content (AvgIpc) is 2.71. The van der Waals surface area contributed by atoms with Crippen molar-refractivity contribution < 1.29 is 9.59 Å². The summed E-state index contributed by atoms with van der Waals surface area (Å²) in [6.45, 7) is 8.10. The number of hydrogen-bond acceptors (Lipinski definition) is 2. The molecular formula is C24H31ClN2O2. The van der Waals surface area contributed by atoms with Crippen molar-refractivity contribution in [2.24, 2.45) is 0 Å². The Kier molecular flexibility index (Phi) is 8.71. The molecular weight excluding hydrogens is 384 g/mol. The topological polar surface area (TPSA) is 49.4 Å². The van der Waals surface area contributed by atoms with Crippen molar-refractivity contribution in [3.8, 4) is 0 Å². The smallest absolute Gasteiger partial charge is 0.242 e. The van der Waals surface area contributed by atoms with Crippen LogP contribution in [0.3, 0.4) is 0 Å². The minimum atomic E-state index is -0.578. The Morgan fingerprint density at radius 3 is 2.34 bits per heavy atom. The number of nitrogens with one attached hydrogen (secondary N) is 1. The lowest BCUT2D eigenvalue weighted by atomic mass is 10.1. The molecule has 1 N–H and O–H groups in total. The molecule has 2 aromatic rings. The van der Waals surface area contributed by atoms with E-state index in [1.165, 1.54) is 5.56 Å². The molecule has 0 aliphatic rings. The summed E-state index contributed by atoms with van der Waals surface area (Å²) < 4.78 is 0. The highest BCUT2D eigenvalue weighted by molar-refractivity contribution is 6.31. The van der Waals surface area contributed by atoms with Crippen LogP contribution in [-0.4, -0.2) is 28.8 Å². The summed E-state index contributed by atoms with van der Waals surface area (Å²) in [5, 5.41) is 3.57. The molecule has 0 aromatic heterocycles. The average molecular weight is 415 g/mol. The van der Waals surface area contributed by atoms with E-state index in [-0.39, 0.29) is 17.9 Å². The van der Waals surface area contributed by atoms with E-state index in [4.69, 9.17) is 11.6 Å². The number of carbonyl (C=O) groups is 2. The van der Waals surface area contributed by atoms with Crippen molar-refractivity contribution >= 4 is 23.4 Å². The highest BCUT2D eigenvalue weighted by Gasteiger charge is 2.27. The van der Waals surface area contributed by atoms with Crippen LogP contribution in [0.5, 0.6) is 0 Å².